The van der Waals surface area contributed by atoms with E-state index in [0.29, 0.717) is 0 Å². The van der Waals surface area contributed by atoms with E-state index >= 15 is 0 Å². The summed E-state index contributed by atoms with van der Waals surface area (Å²) in [6.45, 7) is 7.50. The van der Waals surface area contributed by atoms with Gasteiger partial charge in [0.2, 0.25) is 8.32 Å². The molecular weight excluding hydrogens is 236 g/mol. The van der Waals surface area contributed by atoms with E-state index < -0.39 is 8.32 Å². The second-order valence-electron chi connectivity index (χ2n) is 4.06. The van der Waals surface area contributed by atoms with Gasteiger partial charge in [0.05, 0.1) is 0 Å². The fraction of sp³-hybridized carbons (Fsp3) is 0.538. The zero-order chi connectivity index (χ0) is 12.0. The average molecular weight is 257 g/mol. The minimum Gasteiger partial charge on any atom is -0.412 e. The van der Waals surface area contributed by atoms with Crippen LogP contribution in [0.4, 0.5) is 0 Å². The molecule has 0 spiro atoms. The third kappa shape index (κ3) is 3.09. The van der Waals surface area contributed by atoms with E-state index in [1.807, 2.05) is 12.1 Å². The van der Waals surface area contributed by atoms with Gasteiger partial charge >= 0.3 is 0 Å². The van der Waals surface area contributed by atoms with Gasteiger partial charge in [0, 0.05) is 11.6 Å². The van der Waals surface area contributed by atoms with E-state index in [1.165, 1.54) is 5.19 Å². The van der Waals surface area contributed by atoms with Crippen molar-refractivity contribution in [3.8, 4) is 0 Å². The average Bonchev–Trinajstić information content (AvgIpc) is 2.33. The Morgan fingerprint density at radius 2 is 1.62 bits per heavy atom. The molecule has 1 nitrogen and oxygen atoms in total. The van der Waals surface area contributed by atoms with Crippen molar-refractivity contribution in [2.24, 2.45) is 0 Å². The summed E-state index contributed by atoms with van der Waals surface area (Å²) < 4.78 is 6.20. The molecule has 1 aromatic rings. The normalized spacial score (nSPS) is 11.8. The summed E-state index contributed by atoms with van der Waals surface area (Å²) in [7, 11) is -1.72. The highest BCUT2D eigenvalue weighted by atomic mass is 35.5. The molecular formula is C13H21ClOSi. The maximum atomic E-state index is 6.20. The second-order valence-corrected chi connectivity index (χ2v) is 8.76. The van der Waals surface area contributed by atoms with Gasteiger partial charge in [0.1, 0.15) is 0 Å². The van der Waals surface area contributed by atoms with Crippen molar-refractivity contribution >= 4 is 25.1 Å². The highest BCUT2D eigenvalue weighted by molar-refractivity contribution is 6.86. The lowest BCUT2D eigenvalue weighted by Crippen LogP contribution is -2.49. The Morgan fingerprint density at radius 1 is 1.06 bits per heavy atom. The van der Waals surface area contributed by atoms with Crippen LogP contribution < -0.4 is 5.19 Å². The summed E-state index contributed by atoms with van der Waals surface area (Å²) in [6.07, 6.45) is 1.09. The summed E-state index contributed by atoms with van der Waals surface area (Å²) in [5.74, 6) is 0. The topological polar surface area (TPSA) is 9.23 Å². The zero-order valence-corrected chi connectivity index (χ0v) is 12.2. The van der Waals surface area contributed by atoms with Crippen molar-refractivity contribution in [3.05, 3.63) is 29.3 Å². The van der Waals surface area contributed by atoms with E-state index in [9.17, 15) is 0 Å². The molecule has 1 rings (SSSR count). The summed E-state index contributed by atoms with van der Waals surface area (Å²) in [5, 5.41) is 2.17. The Bertz CT molecular complexity index is 306. The molecule has 0 unspecified atom stereocenters. The maximum Gasteiger partial charge on any atom is 0.223 e. The number of hydrogen-bond donors (Lipinski definition) is 0. The first-order chi connectivity index (χ1) is 7.68. The van der Waals surface area contributed by atoms with Crippen LogP contribution in [0.1, 0.15) is 27.2 Å². The van der Waals surface area contributed by atoms with E-state index in [1.54, 1.807) is 0 Å². The van der Waals surface area contributed by atoms with Gasteiger partial charge in [-0.3, -0.25) is 0 Å². The number of hydrogen-bond acceptors (Lipinski definition) is 1. The molecule has 0 saturated carbocycles. The van der Waals surface area contributed by atoms with Gasteiger partial charge in [-0.1, -0.05) is 44.5 Å². The largest absolute Gasteiger partial charge is 0.412 e. The molecule has 0 fully saturated rings. The summed E-state index contributed by atoms with van der Waals surface area (Å²) >= 11 is 5.93. The molecule has 0 heterocycles. The fourth-order valence-corrected chi connectivity index (χ4v) is 5.38. The van der Waals surface area contributed by atoms with Crippen molar-refractivity contribution < 1.29 is 4.43 Å². The Morgan fingerprint density at radius 3 is 2.06 bits per heavy atom. The molecule has 0 N–H and O–H groups in total. The summed E-state index contributed by atoms with van der Waals surface area (Å²) in [6, 6.07) is 10.5. The quantitative estimate of drug-likeness (QED) is 0.700. The van der Waals surface area contributed by atoms with Crippen LogP contribution >= 0.6 is 11.6 Å². The first kappa shape index (κ1) is 13.8. The van der Waals surface area contributed by atoms with Gasteiger partial charge in [-0.25, -0.2) is 0 Å². The van der Waals surface area contributed by atoms with Crippen molar-refractivity contribution in [2.75, 3.05) is 6.61 Å². The minimum atomic E-state index is -1.72. The molecule has 0 aromatic heterocycles. The molecule has 16 heavy (non-hydrogen) atoms. The SMILES string of the molecule is CCCO[Si](CC)(CC)c1ccc(Cl)cc1. The van der Waals surface area contributed by atoms with Gasteiger partial charge in [-0.15, -0.1) is 0 Å². The maximum absolute atomic E-state index is 6.20. The molecule has 0 aliphatic heterocycles. The third-order valence-corrected chi connectivity index (χ3v) is 7.77. The standard InChI is InChI=1S/C13H21ClOSi/c1-4-11-15-16(5-2,6-3)13-9-7-12(14)8-10-13/h7-10H,4-6,11H2,1-3H3. The van der Waals surface area contributed by atoms with Crippen molar-refractivity contribution in [1.29, 1.82) is 0 Å². The number of rotatable bonds is 6. The van der Waals surface area contributed by atoms with Gasteiger partial charge in [-0.05, 0) is 35.8 Å². The highest BCUT2D eigenvalue weighted by Gasteiger charge is 2.32. The monoisotopic (exact) mass is 256 g/mol. The number of halogens is 1. The predicted molar refractivity (Wildman–Crippen MR) is 74.0 cm³/mol. The van der Waals surface area contributed by atoms with Crippen LogP contribution in [0.25, 0.3) is 0 Å². The van der Waals surface area contributed by atoms with Crippen LogP contribution in [0.3, 0.4) is 0 Å². The molecule has 90 valence electrons. The van der Waals surface area contributed by atoms with Crippen LogP contribution in [-0.2, 0) is 4.43 Å². The van der Waals surface area contributed by atoms with Crippen molar-refractivity contribution in [2.45, 2.75) is 39.3 Å². The zero-order valence-electron chi connectivity index (χ0n) is 10.4. The molecule has 0 radical (unpaired) electrons. The lowest BCUT2D eigenvalue weighted by molar-refractivity contribution is 0.308. The first-order valence-corrected chi connectivity index (χ1v) is 8.78. The Labute approximate surface area is 105 Å². The van der Waals surface area contributed by atoms with E-state index in [2.05, 4.69) is 32.9 Å². The van der Waals surface area contributed by atoms with E-state index in [0.717, 1.165) is 30.1 Å². The lowest BCUT2D eigenvalue weighted by Gasteiger charge is -2.29. The molecule has 3 heteroatoms. The lowest BCUT2D eigenvalue weighted by atomic mass is 10.4. The molecule has 0 aliphatic carbocycles. The summed E-state index contributed by atoms with van der Waals surface area (Å²) in [4.78, 5) is 0. The van der Waals surface area contributed by atoms with Crippen LogP contribution in [-0.4, -0.2) is 14.9 Å². The summed E-state index contributed by atoms with van der Waals surface area (Å²) in [5.41, 5.74) is 0. The molecule has 0 bridgehead atoms. The molecule has 0 saturated heterocycles. The van der Waals surface area contributed by atoms with Gasteiger partial charge in [0.15, 0.2) is 0 Å². The minimum absolute atomic E-state index is 0.800. The number of benzene rings is 1. The van der Waals surface area contributed by atoms with Crippen molar-refractivity contribution in [1.82, 2.24) is 0 Å². The Balaban J connectivity index is 2.95. The van der Waals surface area contributed by atoms with Crippen molar-refractivity contribution in [3.63, 3.8) is 0 Å². The highest BCUT2D eigenvalue weighted by Crippen LogP contribution is 2.18. The molecule has 0 aliphatic rings. The first-order valence-electron chi connectivity index (χ1n) is 6.08. The Kier molecular flexibility index (Phi) is 5.53. The molecule has 0 amide bonds. The fourth-order valence-electron chi connectivity index (χ4n) is 2.00. The van der Waals surface area contributed by atoms with E-state index in [4.69, 9.17) is 16.0 Å². The molecule has 1 aromatic carbocycles. The Hall–Kier alpha value is -0.313. The van der Waals surface area contributed by atoms with Crippen LogP contribution in [0.5, 0.6) is 0 Å². The smallest absolute Gasteiger partial charge is 0.223 e. The predicted octanol–water partition coefficient (Wildman–Crippen LogP) is 3.96. The van der Waals surface area contributed by atoms with Crippen LogP contribution in [0, 0.1) is 0 Å². The second kappa shape index (κ2) is 6.43. The van der Waals surface area contributed by atoms with Crippen LogP contribution in [0.2, 0.25) is 17.1 Å². The third-order valence-electron chi connectivity index (χ3n) is 3.10. The van der Waals surface area contributed by atoms with Gasteiger partial charge < -0.3 is 4.43 Å². The van der Waals surface area contributed by atoms with Gasteiger partial charge in [-0.2, -0.15) is 0 Å². The van der Waals surface area contributed by atoms with Gasteiger partial charge in [0.25, 0.3) is 0 Å². The molecule has 0 atom stereocenters. The van der Waals surface area contributed by atoms with E-state index in [-0.39, 0.29) is 0 Å². The van der Waals surface area contributed by atoms with Crippen LogP contribution in [0.15, 0.2) is 24.3 Å².